The second-order valence-corrected chi connectivity index (χ2v) is 7.84. The van der Waals surface area contributed by atoms with E-state index in [1.54, 1.807) is 12.3 Å². The van der Waals surface area contributed by atoms with Crippen LogP contribution in [-0.2, 0) is 5.54 Å². The van der Waals surface area contributed by atoms with Crippen LogP contribution in [0.5, 0.6) is 0 Å². The lowest BCUT2D eigenvalue weighted by atomic mass is 9.88. The normalized spacial score (nSPS) is 20.0. The first-order chi connectivity index (χ1) is 14.2. The average molecular weight is 387 g/mol. The maximum atomic E-state index is 13.1. The van der Waals surface area contributed by atoms with Crippen LogP contribution in [0, 0.1) is 0 Å². The maximum Gasteiger partial charge on any atom is 0.272 e. The summed E-state index contributed by atoms with van der Waals surface area (Å²) in [5.41, 5.74) is 2.64. The van der Waals surface area contributed by atoms with Crippen molar-refractivity contribution in [1.29, 1.82) is 0 Å². The van der Waals surface area contributed by atoms with Crippen LogP contribution < -0.4 is 4.90 Å². The lowest BCUT2D eigenvalue weighted by Gasteiger charge is -2.47. The number of carbonyl (C=O) groups is 1. The van der Waals surface area contributed by atoms with E-state index < -0.39 is 0 Å². The topological polar surface area (TPSA) is 54.3 Å². The molecule has 6 heteroatoms. The number of pyridine rings is 2. The minimum absolute atomic E-state index is 0.00741. The number of fused-ring (bicyclic) bond motifs is 4. The Bertz CT molecular complexity index is 1030. The summed E-state index contributed by atoms with van der Waals surface area (Å²) in [5, 5.41) is 0. The fraction of sp³-hybridized carbons (Fsp3) is 0.348. The van der Waals surface area contributed by atoms with Gasteiger partial charge in [-0.1, -0.05) is 19.4 Å². The van der Waals surface area contributed by atoms with Gasteiger partial charge in [-0.15, -0.1) is 0 Å². The molecule has 0 aliphatic carbocycles. The monoisotopic (exact) mass is 387 g/mol. The van der Waals surface area contributed by atoms with E-state index in [0.29, 0.717) is 12.2 Å². The second kappa shape index (κ2) is 7.03. The van der Waals surface area contributed by atoms with Gasteiger partial charge >= 0.3 is 0 Å². The Morgan fingerprint density at radius 2 is 2.00 bits per heavy atom. The van der Waals surface area contributed by atoms with Gasteiger partial charge in [-0.25, -0.2) is 4.98 Å². The number of rotatable bonds is 4. The lowest BCUT2D eigenvalue weighted by Crippen LogP contribution is -2.53. The molecule has 1 spiro atoms. The van der Waals surface area contributed by atoms with Crippen molar-refractivity contribution in [2.24, 2.45) is 0 Å². The number of anilines is 1. The van der Waals surface area contributed by atoms with Gasteiger partial charge in [-0.3, -0.25) is 9.78 Å². The first kappa shape index (κ1) is 17.9. The Labute approximate surface area is 170 Å². The predicted molar refractivity (Wildman–Crippen MR) is 112 cm³/mol. The zero-order valence-corrected chi connectivity index (χ0v) is 16.7. The molecule has 0 N–H and O–H groups in total. The van der Waals surface area contributed by atoms with E-state index in [2.05, 4.69) is 50.8 Å². The Kier molecular flexibility index (Phi) is 4.34. The molecule has 0 unspecified atom stereocenters. The van der Waals surface area contributed by atoms with Crippen LogP contribution in [0.25, 0.3) is 5.82 Å². The maximum absolute atomic E-state index is 13.1. The van der Waals surface area contributed by atoms with E-state index >= 15 is 0 Å². The molecule has 148 valence electrons. The van der Waals surface area contributed by atoms with Crippen LogP contribution in [0.3, 0.4) is 0 Å². The number of amides is 1. The van der Waals surface area contributed by atoms with Crippen molar-refractivity contribution in [3.63, 3.8) is 0 Å². The Hall–Kier alpha value is -3.15. The third kappa shape index (κ3) is 2.74. The minimum atomic E-state index is -0.237. The van der Waals surface area contributed by atoms with E-state index in [9.17, 15) is 4.79 Å². The number of hydrogen-bond acceptors (Lipinski definition) is 4. The summed E-state index contributed by atoms with van der Waals surface area (Å²) in [5.74, 6) is 0.983. The van der Waals surface area contributed by atoms with Crippen LogP contribution >= 0.6 is 0 Å². The highest BCUT2D eigenvalue weighted by Gasteiger charge is 2.50. The summed E-state index contributed by atoms with van der Waals surface area (Å²) in [4.78, 5) is 26.5. The number of carbonyl (C=O) groups excluding carboxylic acids is 1. The van der Waals surface area contributed by atoms with Crippen LogP contribution in [0.1, 0.15) is 42.4 Å². The number of likely N-dealkylation sites (tertiary alicyclic amines) is 1. The first-order valence-corrected chi connectivity index (χ1v) is 10.4. The van der Waals surface area contributed by atoms with Crippen molar-refractivity contribution in [1.82, 2.24) is 19.4 Å². The van der Waals surface area contributed by atoms with E-state index in [0.717, 1.165) is 43.9 Å². The summed E-state index contributed by atoms with van der Waals surface area (Å²) in [6.07, 6.45) is 8.74. The van der Waals surface area contributed by atoms with Crippen LogP contribution in [0.15, 0.2) is 61.1 Å². The second-order valence-electron chi connectivity index (χ2n) is 7.84. The van der Waals surface area contributed by atoms with Gasteiger partial charge in [-0.2, -0.15) is 0 Å². The third-order valence-corrected chi connectivity index (χ3v) is 6.18. The number of unbranched alkanes of at least 4 members (excludes halogenated alkanes) is 1. The van der Waals surface area contributed by atoms with Crippen molar-refractivity contribution < 1.29 is 4.79 Å². The zero-order chi connectivity index (χ0) is 19.8. The zero-order valence-electron chi connectivity index (χ0n) is 16.7. The molecule has 29 heavy (non-hydrogen) atoms. The molecular weight excluding hydrogens is 362 g/mol. The summed E-state index contributed by atoms with van der Waals surface area (Å²) >= 11 is 0. The molecule has 0 saturated carbocycles. The molecule has 0 bridgehead atoms. The minimum Gasteiger partial charge on any atom is -0.355 e. The summed E-state index contributed by atoms with van der Waals surface area (Å²) < 4.78 is 2.20. The smallest absolute Gasteiger partial charge is 0.272 e. The number of nitrogens with zero attached hydrogens (tertiary/aromatic N) is 5. The van der Waals surface area contributed by atoms with E-state index in [1.807, 2.05) is 29.3 Å². The quantitative estimate of drug-likeness (QED) is 0.686. The number of aromatic nitrogens is 3. The van der Waals surface area contributed by atoms with Gasteiger partial charge < -0.3 is 14.4 Å². The molecule has 3 aromatic rings. The summed E-state index contributed by atoms with van der Waals surface area (Å²) in [6, 6.07) is 13.9. The highest BCUT2D eigenvalue weighted by molar-refractivity contribution is 5.92. The molecule has 0 radical (unpaired) electrons. The van der Waals surface area contributed by atoms with Gasteiger partial charge in [0.05, 0.1) is 11.4 Å². The third-order valence-electron chi connectivity index (χ3n) is 6.18. The van der Waals surface area contributed by atoms with Crippen molar-refractivity contribution in [3.05, 3.63) is 72.4 Å². The van der Waals surface area contributed by atoms with Crippen molar-refractivity contribution in [2.75, 3.05) is 24.5 Å². The van der Waals surface area contributed by atoms with Crippen LogP contribution in [-0.4, -0.2) is 45.0 Å². The van der Waals surface area contributed by atoms with Crippen molar-refractivity contribution >= 4 is 11.6 Å². The number of hydrogen-bond donors (Lipinski definition) is 0. The van der Waals surface area contributed by atoms with E-state index in [1.165, 1.54) is 5.69 Å². The Balaban J connectivity index is 1.57. The fourth-order valence-corrected chi connectivity index (χ4v) is 4.80. The van der Waals surface area contributed by atoms with Crippen LogP contribution in [0.2, 0.25) is 0 Å². The largest absolute Gasteiger partial charge is 0.355 e. The van der Waals surface area contributed by atoms with Crippen LogP contribution in [0.4, 0.5) is 5.69 Å². The van der Waals surface area contributed by atoms with Crippen molar-refractivity contribution in [3.8, 4) is 5.82 Å². The Morgan fingerprint density at radius 1 is 1.10 bits per heavy atom. The molecule has 1 saturated heterocycles. The molecule has 5 rings (SSSR count). The predicted octanol–water partition coefficient (Wildman–Crippen LogP) is 3.63. The molecule has 3 aromatic heterocycles. The molecule has 0 aromatic carbocycles. The molecule has 2 aliphatic heterocycles. The standard InChI is InChI=1S/C23H25N5O/c1-2-3-15-28-19-9-6-13-25-21(19)27-14-7-10-20(27)23(28)11-16-26(17-23)22(29)18-8-4-5-12-24-18/h4-10,12-14H,2-3,11,15-17H2,1H3/t23-/m1/s1. The molecule has 2 aliphatic rings. The Morgan fingerprint density at radius 3 is 2.83 bits per heavy atom. The van der Waals surface area contributed by atoms with Gasteiger partial charge in [0.2, 0.25) is 0 Å². The van der Waals surface area contributed by atoms with Gasteiger partial charge in [0, 0.05) is 38.2 Å². The van der Waals surface area contributed by atoms with Gasteiger partial charge in [0.1, 0.15) is 11.2 Å². The molecule has 5 heterocycles. The van der Waals surface area contributed by atoms with Crippen molar-refractivity contribution in [2.45, 2.75) is 31.7 Å². The molecule has 1 amide bonds. The summed E-state index contributed by atoms with van der Waals surface area (Å²) in [7, 11) is 0. The first-order valence-electron chi connectivity index (χ1n) is 10.4. The molecule has 1 fully saturated rings. The molecule has 1 atom stereocenters. The fourth-order valence-electron chi connectivity index (χ4n) is 4.80. The van der Waals surface area contributed by atoms with E-state index in [4.69, 9.17) is 0 Å². The lowest BCUT2D eigenvalue weighted by molar-refractivity contribution is 0.0776. The van der Waals surface area contributed by atoms with Gasteiger partial charge in [0.25, 0.3) is 5.91 Å². The molecule has 6 nitrogen and oxygen atoms in total. The summed E-state index contributed by atoms with van der Waals surface area (Å²) in [6.45, 7) is 4.55. The van der Waals surface area contributed by atoms with Gasteiger partial charge in [-0.05, 0) is 49.2 Å². The molecular formula is C23H25N5O. The highest BCUT2D eigenvalue weighted by Crippen LogP contribution is 2.47. The SMILES string of the molecule is CCCCN1c2cccnc2-n2cccc2[C@]12CCN(C(=O)c1ccccn1)C2. The highest BCUT2D eigenvalue weighted by atomic mass is 16.2. The van der Waals surface area contributed by atoms with E-state index in [-0.39, 0.29) is 11.4 Å². The van der Waals surface area contributed by atoms with Gasteiger partial charge in [0.15, 0.2) is 5.82 Å². The average Bonchev–Trinajstić information content (AvgIpc) is 3.43.